The van der Waals surface area contributed by atoms with Crippen LogP contribution < -0.4 is 0 Å². The lowest BCUT2D eigenvalue weighted by Crippen LogP contribution is -2.48. The molecule has 0 aromatic heterocycles. The Hall–Kier alpha value is -0.220. The van der Waals surface area contributed by atoms with E-state index >= 15 is 0 Å². The van der Waals surface area contributed by atoms with Gasteiger partial charge in [0.15, 0.2) is 0 Å². The molecule has 0 N–H and O–H groups in total. The van der Waals surface area contributed by atoms with Gasteiger partial charge in [0.1, 0.15) is 0 Å². The minimum Gasteiger partial charge on any atom is -0.338 e. The molecule has 1 amide bonds. The maximum Gasteiger partial charge on any atom is 0.223 e. The van der Waals surface area contributed by atoms with Crippen molar-refractivity contribution < 1.29 is 4.79 Å². The molecule has 20 heavy (non-hydrogen) atoms. The van der Waals surface area contributed by atoms with Crippen LogP contribution in [0.3, 0.4) is 0 Å². The van der Waals surface area contributed by atoms with Gasteiger partial charge >= 0.3 is 0 Å². The fraction of sp³-hybridized carbons (Fsp3) is 0.938. The molecule has 0 bridgehead atoms. The van der Waals surface area contributed by atoms with Crippen molar-refractivity contribution in [3.8, 4) is 0 Å². The van der Waals surface area contributed by atoms with E-state index in [1.165, 1.54) is 31.7 Å². The molecule has 2 aliphatic heterocycles. The van der Waals surface area contributed by atoms with Gasteiger partial charge < -0.3 is 9.80 Å². The largest absolute Gasteiger partial charge is 0.338 e. The minimum absolute atomic E-state index is 0.0920. The summed E-state index contributed by atoms with van der Waals surface area (Å²) in [5, 5.41) is 0. The number of carbonyl (C=O) groups excluding carboxylic acids is 1. The molecule has 0 aliphatic carbocycles. The normalized spacial score (nSPS) is 25.8. The number of amides is 1. The van der Waals surface area contributed by atoms with Crippen LogP contribution in [-0.4, -0.2) is 59.4 Å². The van der Waals surface area contributed by atoms with Crippen molar-refractivity contribution in [2.24, 2.45) is 5.41 Å². The Morgan fingerprint density at radius 1 is 1.15 bits per heavy atom. The summed E-state index contributed by atoms with van der Waals surface area (Å²) in [5.74, 6) is 2.69. The van der Waals surface area contributed by atoms with Crippen LogP contribution in [0.1, 0.15) is 46.5 Å². The summed E-state index contributed by atoms with van der Waals surface area (Å²) in [6.45, 7) is 11.0. The number of carbonyl (C=O) groups is 1. The van der Waals surface area contributed by atoms with E-state index < -0.39 is 0 Å². The van der Waals surface area contributed by atoms with Crippen LogP contribution in [0.2, 0.25) is 0 Å². The maximum atomic E-state index is 12.6. The lowest BCUT2D eigenvalue weighted by atomic mass is 9.91. The van der Waals surface area contributed by atoms with Crippen molar-refractivity contribution in [1.82, 2.24) is 9.80 Å². The highest BCUT2D eigenvalue weighted by Gasteiger charge is 2.30. The van der Waals surface area contributed by atoms with Gasteiger partial charge in [-0.1, -0.05) is 20.8 Å². The SMILES string of the molecule is CC(C)(C)CC(=O)N1CCCSC[C@@H]1CN1CCCC1. The first-order valence-corrected chi connectivity index (χ1v) is 9.21. The molecule has 1 atom stereocenters. The zero-order chi connectivity index (χ0) is 14.6. The topological polar surface area (TPSA) is 23.6 Å². The summed E-state index contributed by atoms with van der Waals surface area (Å²) in [5.41, 5.74) is 0.0920. The first kappa shape index (κ1) is 16.2. The Kier molecular flexibility index (Phi) is 5.79. The van der Waals surface area contributed by atoms with Gasteiger partial charge in [0.05, 0.1) is 6.04 Å². The molecule has 2 aliphatic rings. The van der Waals surface area contributed by atoms with Gasteiger partial charge in [-0.15, -0.1) is 0 Å². The number of likely N-dealkylation sites (tertiary alicyclic amines) is 1. The summed E-state index contributed by atoms with van der Waals surface area (Å²) in [6.07, 6.45) is 4.48. The number of hydrogen-bond donors (Lipinski definition) is 0. The van der Waals surface area contributed by atoms with Crippen LogP contribution in [0.5, 0.6) is 0 Å². The predicted octanol–water partition coefficient (Wildman–Crippen LogP) is 2.85. The summed E-state index contributed by atoms with van der Waals surface area (Å²) in [6, 6.07) is 0.426. The first-order chi connectivity index (χ1) is 9.46. The van der Waals surface area contributed by atoms with E-state index in [-0.39, 0.29) is 5.41 Å². The molecule has 116 valence electrons. The molecule has 0 radical (unpaired) electrons. The van der Waals surface area contributed by atoms with Crippen LogP contribution in [-0.2, 0) is 4.79 Å². The first-order valence-electron chi connectivity index (χ1n) is 8.05. The third-order valence-electron chi connectivity index (χ3n) is 4.11. The van der Waals surface area contributed by atoms with E-state index in [4.69, 9.17) is 0 Å². The highest BCUT2D eigenvalue weighted by atomic mass is 32.2. The van der Waals surface area contributed by atoms with Gasteiger partial charge in [0.2, 0.25) is 5.91 Å². The predicted molar refractivity (Wildman–Crippen MR) is 87.2 cm³/mol. The average molecular weight is 298 g/mol. The lowest BCUT2D eigenvalue weighted by molar-refractivity contribution is -0.135. The van der Waals surface area contributed by atoms with Crippen LogP contribution in [0, 0.1) is 5.41 Å². The molecule has 2 fully saturated rings. The van der Waals surface area contributed by atoms with Gasteiger partial charge in [-0.25, -0.2) is 0 Å². The molecular weight excluding hydrogens is 268 g/mol. The molecule has 2 rings (SSSR count). The van der Waals surface area contributed by atoms with E-state index in [1.807, 2.05) is 11.8 Å². The highest BCUT2D eigenvalue weighted by Crippen LogP contribution is 2.24. The molecule has 0 spiro atoms. The Labute approximate surface area is 128 Å². The highest BCUT2D eigenvalue weighted by molar-refractivity contribution is 7.99. The van der Waals surface area contributed by atoms with Gasteiger partial charge in [-0.05, 0) is 43.5 Å². The third kappa shape index (κ3) is 4.96. The van der Waals surface area contributed by atoms with Crippen LogP contribution in [0.25, 0.3) is 0 Å². The summed E-state index contributed by atoms with van der Waals surface area (Å²) in [4.78, 5) is 17.4. The van der Waals surface area contributed by atoms with E-state index in [1.54, 1.807) is 0 Å². The van der Waals surface area contributed by atoms with Crippen molar-refractivity contribution in [1.29, 1.82) is 0 Å². The monoisotopic (exact) mass is 298 g/mol. The van der Waals surface area contributed by atoms with Crippen molar-refractivity contribution in [2.45, 2.75) is 52.5 Å². The van der Waals surface area contributed by atoms with E-state index in [2.05, 4.69) is 30.6 Å². The second-order valence-corrected chi connectivity index (χ2v) is 8.56. The van der Waals surface area contributed by atoms with Gasteiger partial charge in [-0.2, -0.15) is 11.8 Å². The molecular formula is C16H30N2OS. The Bertz CT molecular complexity index is 321. The molecule has 3 nitrogen and oxygen atoms in total. The number of nitrogens with zero attached hydrogens (tertiary/aromatic N) is 2. The van der Waals surface area contributed by atoms with E-state index in [9.17, 15) is 4.79 Å². The fourth-order valence-corrected chi connectivity index (χ4v) is 4.18. The molecule has 4 heteroatoms. The standard InChI is InChI=1S/C16H30N2OS/c1-16(2,3)11-15(19)18-9-6-10-20-13-14(18)12-17-7-4-5-8-17/h14H,4-13H2,1-3H3/t14-/m0/s1. The van der Waals surface area contributed by atoms with Gasteiger partial charge in [0.25, 0.3) is 0 Å². The van der Waals surface area contributed by atoms with E-state index in [0.29, 0.717) is 18.4 Å². The van der Waals surface area contributed by atoms with Crippen molar-refractivity contribution >= 4 is 17.7 Å². The zero-order valence-corrected chi connectivity index (χ0v) is 14.2. The second-order valence-electron chi connectivity index (χ2n) is 7.41. The molecule has 0 aromatic carbocycles. The van der Waals surface area contributed by atoms with Gasteiger partial charge in [0, 0.05) is 25.3 Å². The molecule has 2 saturated heterocycles. The smallest absolute Gasteiger partial charge is 0.223 e. The van der Waals surface area contributed by atoms with Crippen molar-refractivity contribution in [3.63, 3.8) is 0 Å². The van der Waals surface area contributed by atoms with Crippen LogP contribution in [0.15, 0.2) is 0 Å². The Morgan fingerprint density at radius 2 is 1.85 bits per heavy atom. The molecule has 0 aromatic rings. The lowest BCUT2D eigenvalue weighted by Gasteiger charge is -2.34. The third-order valence-corrected chi connectivity index (χ3v) is 5.31. The fourth-order valence-electron chi connectivity index (χ4n) is 3.13. The Morgan fingerprint density at radius 3 is 2.50 bits per heavy atom. The van der Waals surface area contributed by atoms with E-state index in [0.717, 1.165) is 25.3 Å². The summed E-state index contributed by atoms with van der Waals surface area (Å²) in [7, 11) is 0. The summed E-state index contributed by atoms with van der Waals surface area (Å²) >= 11 is 2.03. The number of thioether (sulfide) groups is 1. The maximum absolute atomic E-state index is 12.6. The number of hydrogen-bond acceptors (Lipinski definition) is 3. The Balaban J connectivity index is 1.98. The molecule has 2 heterocycles. The van der Waals surface area contributed by atoms with Crippen molar-refractivity contribution in [2.75, 3.05) is 37.7 Å². The quantitative estimate of drug-likeness (QED) is 0.800. The van der Waals surface area contributed by atoms with Gasteiger partial charge in [-0.3, -0.25) is 4.79 Å². The van der Waals surface area contributed by atoms with Crippen LogP contribution >= 0.6 is 11.8 Å². The minimum atomic E-state index is 0.0920. The zero-order valence-electron chi connectivity index (χ0n) is 13.4. The number of rotatable bonds is 3. The second kappa shape index (κ2) is 7.17. The van der Waals surface area contributed by atoms with Crippen molar-refractivity contribution in [3.05, 3.63) is 0 Å². The summed E-state index contributed by atoms with van der Waals surface area (Å²) < 4.78 is 0. The molecule has 0 unspecified atom stereocenters. The average Bonchev–Trinajstić information content (AvgIpc) is 2.72. The molecule has 0 saturated carbocycles. The van der Waals surface area contributed by atoms with Crippen LogP contribution in [0.4, 0.5) is 0 Å².